The summed E-state index contributed by atoms with van der Waals surface area (Å²) in [5.74, 6) is 0.546. The summed E-state index contributed by atoms with van der Waals surface area (Å²) in [6.07, 6.45) is 1.67. The number of H-pyrrole nitrogens is 1. The summed E-state index contributed by atoms with van der Waals surface area (Å²) in [6.45, 7) is 2.34. The molecule has 0 unspecified atom stereocenters. The summed E-state index contributed by atoms with van der Waals surface area (Å²) >= 11 is 3.04. The van der Waals surface area contributed by atoms with Gasteiger partial charge in [-0.2, -0.15) is 0 Å². The largest absolute Gasteiger partial charge is 0.454 e. The van der Waals surface area contributed by atoms with E-state index in [0.29, 0.717) is 29.3 Å². The van der Waals surface area contributed by atoms with Crippen molar-refractivity contribution in [2.75, 3.05) is 0 Å². The van der Waals surface area contributed by atoms with Gasteiger partial charge >= 0.3 is 11.7 Å². The quantitative estimate of drug-likeness (QED) is 0.286. The molecule has 0 saturated heterocycles. The number of thiazole rings is 1. The van der Waals surface area contributed by atoms with Crippen molar-refractivity contribution in [3.8, 4) is 0 Å². The molecular weight excluding hydrogens is 462 g/mol. The van der Waals surface area contributed by atoms with Gasteiger partial charge in [0, 0.05) is 29.6 Å². The summed E-state index contributed by atoms with van der Waals surface area (Å²) in [6, 6.07) is 7.24. The maximum atomic E-state index is 12.8. The van der Waals surface area contributed by atoms with Crippen molar-refractivity contribution in [2.24, 2.45) is 7.05 Å². The molecule has 0 amide bonds. The van der Waals surface area contributed by atoms with Gasteiger partial charge in [-0.15, -0.1) is 23.1 Å². The van der Waals surface area contributed by atoms with Crippen LogP contribution in [0.4, 0.5) is 0 Å². The lowest BCUT2D eigenvalue weighted by Gasteiger charge is -2.09. The molecule has 0 aliphatic heterocycles. The van der Waals surface area contributed by atoms with Crippen molar-refractivity contribution in [1.29, 1.82) is 0 Å². The number of nitrogens with zero attached hydrogens (tertiary/aromatic N) is 4. The first-order valence-electron chi connectivity index (χ1n) is 10.4. The zero-order valence-corrected chi connectivity index (χ0v) is 19.9. The van der Waals surface area contributed by atoms with E-state index < -0.39 is 17.2 Å². The van der Waals surface area contributed by atoms with Gasteiger partial charge in [0.25, 0.3) is 5.56 Å². The highest BCUT2D eigenvalue weighted by Gasteiger charge is 2.19. The Bertz CT molecular complexity index is 1390. The van der Waals surface area contributed by atoms with Crippen LogP contribution in [0.5, 0.6) is 0 Å². The normalized spacial score (nSPS) is 11.2. The van der Waals surface area contributed by atoms with Gasteiger partial charge in [-0.05, 0) is 18.6 Å². The smallest absolute Gasteiger partial charge is 0.339 e. The fourth-order valence-corrected chi connectivity index (χ4v) is 4.98. The van der Waals surface area contributed by atoms with Crippen molar-refractivity contribution in [3.63, 3.8) is 0 Å². The standard InChI is InChI=1S/C22H23N5O4S2/c1-3-4-9-27-19-18(20(28)25-22(27)30)26(2)17(24-19)10-31-21(29)15-7-5-6-8-16(15)33-12-14-11-32-13-23-14/h5-8,11,13H,3-4,9-10,12H2,1-2H3,(H,25,28,30). The number of ether oxygens (including phenoxy) is 1. The van der Waals surface area contributed by atoms with Crippen LogP contribution >= 0.6 is 23.1 Å². The predicted molar refractivity (Wildman–Crippen MR) is 128 cm³/mol. The number of fused-ring (bicyclic) bond motifs is 1. The highest BCUT2D eigenvalue weighted by Crippen LogP contribution is 2.27. The van der Waals surface area contributed by atoms with E-state index >= 15 is 0 Å². The van der Waals surface area contributed by atoms with E-state index in [0.717, 1.165) is 23.4 Å². The third-order valence-corrected chi connectivity index (χ3v) is 6.88. The lowest BCUT2D eigenvalue weighted by Crippen LogP contribution is -2.31. The minimum atomic E-state index is -0.515. The number of rotatable bonds is 9. The molecule has 0 bridgehead atoms. The average molecular weight is 486 g/mol. The van der Waals surface area contributed by atoms with E-state index in [2.05, 4.69) is 15.0 Å². The Morgan fingerprint density at radius 3 is 2.85 bits per heavy atom. The minimum Gasteiger partial charge on any atom is -0.454 e. The molecule has 11 heteroatoms. The highest BCUT2D eigenvalue weighted by atomic mass is 32.2. The minimum absolute atomic E-state index is 0.128. The Morgan fingerprint density at radius 2 is 2.09 bits per heavy atom. The monoisotopic (exact) mass is 485 g/mol. The summed E-state index contributed by atoms with van der Waals surface area (Å²) in [4.78, 5) is 49.4. The molecule has 0 spiro atoms. The maximum Gasteiger partial charge on any atom is 0.339 e. The second-order valence-electron chi connectivity index (χ2n) is 7.36. The molecule has 0 atom stereocenters. The predicted octanol–water partition coefficient (Wildman–Crippen LogP) is 3.33. The van der Waals surface area contributed by atoms with Crippen molar-refractivity contribution in [1.82, 2.24) is 24.1 Å². The fraction of sp³-hybridized carbons (Fsp3) is 0.318. The molecule has 0 radical (unpaired) electrons. The summed E-state index contributed by atoms with van der Waals surface area (Å²) in [7, 11) is 1.67. The Balaban J connectivity index is 1.55. The molecule has 33 heavy (non-hydrogen) atoms. The lowest BCUT2D eigenvalue weighted by atomic mass is 10.2. The van der Waals surface area contributed by atoms with Crippen LogP contribution in [-0.4, -0.2) is 30.1 Å². The van der Waals surface area contributed by atoms with Crippen LogP contribution in [-0.2, 0) is 30.7 Å². The number of aromatic nitrogens is 5. The van der Waals surface area contributed by atoms with Crippen molar-refractivity contribution < 1.29 is 9.53 Å². The summed E-state index contributed by atoms with van der Waals surface area (Å²) in [5.41, 5.74) is 2.75. The van der Waals surface area contributed by atoms with Crippen LogP contribution < -0.4 is 11.2 Å². The van der Waals surface area contributed by atoms with Gasteiger partial charge in [0.1, 0.15) is 12.4 Å². The maximum absolute atomic E-state index is 12.8. The number of unbranched alkanes of at least 4 members (excludes halogenated alkanes) is 1. The van der Waals surface area contributed by atoms with Crippen LogP contribution in [0.2, 0.25) is 0 Å². The highest BCUT2D eigenvalue weighted by molar-refractivity contribution is 7.98. The third kappa shape index (κ3) is 4.93. The van der Waals surface area contributed by atoms with Gasteiger partial charge in [0.15, 0.2) is 11.2 Å². The molecule has 4 aromatic rings. The van der Waals surface area contributed by atoms with Gasteiger partial charge in [-0.1, -0.05) is 25.5 Å². The zero-order chi connectivity index (χ0) is 23.4. The first kappa shape index (κ1) is 23.0. The van der Waals surface area contributed by atoms with Crippen LogP contribution in [0.15, 0.2) is 49.6 Å². The number of hydrogen-bond donors (Lipinski definition) is 1. The number of imidazole rings is 1. The number of nitrogens with one attached hydrogen (secondary N) is 1. The van der Waals surface area contributed by atoms with Crippen LogP contribution in [0, 0.1) is 0 Å². The number of carbonyl (C=O) groups is 1. The SMILES string of the molecule is CCCCn1c(=O)[nH]c(=O)c2c1nc(COC(=O)c1ccccc1SCc1cscn1)n2C. The molecule has 1 aromatic carbocycles. The first-order chi connectivity index (χ1) is 16.0. The van der Waals surface area contributed by atoms with E-state index in [1.165, 1.54) is 27.7 Å². The van der Waals surface area contributed by atoms with Crippen LogP contribution in [0.1, 0.15) is 41.6 Å². The average Bonchev–Trinajstić information content (AvgIpc) is 3.44. The van der Waals surface area contributed by atoms with Gasteiger partial charge in [-0.3, -0.25) is 14.3 Å². The second-order valence-corrected chi connectivity index (χ2v) is 9.10. The van der Waals surface area contributed by atoms with Gasteiger partial charge < -0.3 is 9.30 Å². The molecule has 0 fully saturated rings. The zero-order valence-electron chi connectivity index (χ0n) is 18.2. The van der Waals surface area contributed by atoms with Crippen LogP contribution in [0.3, 0.4) is 0 Å². The van der Waals surface area contributed by atoms with E-state index in [-0.39, 0.29) is 12.1 Å². The number of aromatic amines is 1. The third-order valence-electron chi connectivity index (χ3n) is 5.14. The number of esters is 1. The molecule has 0 aliphatic carbocycles. The molecule has 3 aromatic heterocycles. The molecule has 1 N–H and O–H groups in total. The Hall–Kier alpha value is -3.18. The van der Waals surface area contributed by atoms with E-state index in [4.69, 9.17) is 4.74 Å². The molecule has 172 valence electrons. The van der Waals surface area contributed by atoms with Gasteiger partial charge in [0.05, 0.1) is 16.8 Å². The van der Waals surface area contributed by atoms with Crippen molar-refractivity contribution in [3.05, 3.63) is 73.1 Å². The molecule has 4 rings (SSSR count). The number of aryl methyl sites for hydroxylation is 2. The molecule has 9 nitrogen and oxygen atoms in total. The fourth-order valence-electron chi connectivity index (χ4n) is 3.37. The Labute approximate surface area is 197 Å². The van der Waals surface area contributed by atoms with E-state index in [9.17, 15) is 14.4 Å². The molecular formula is C22H23N5O4S2. The molecule has 0 aliphatic rings. The first-order valence-corrected chi connectivity index (χ1v) is 12.4. The molecule has 3 heterocycles. The lowest BCUT2D eigenvalue weighted by molar-refractivity contribution is 0.0455. The Kier molecular flexibility index (Phi) is 7.09. The second kappa shape index (κ2) is 10.2. The summed E-state index contributed by atoms with van der Waals surface area (Å²) < 4.78 is 8.56. The van der Waals surface area contributed by atoms with Gasteiger partial charge in [-0.25, -0.2) is 19.6 Å². The number of benzene rings is 1. The van der Waals surface area contributed by atoms with Gasteiger partial charge in [0.2, 0.25) is 0 Å². The van der Waals surface area contributed by atoms with E-state index in [1.807, 2.05) is 24.4 Å². The Morgan fingerprint density at radius 1 is 1.27 bits per heavy atom. The molecule has 0 saturated carbocycles. The van der Waals surface area contributed by atoms with Crippen molar-refractivity contribution in [2.45, 2.75) is 43.6 Å². The van der Waals surface area contributed by atoms with Crippen LogP contribution in [0.25, 0.3) is 11.2 Å². The number of carbonyl (C=O) groups excluding carboxylic acids is 1. The number of thioether (sulfide) groups is 1. The van der Waals surface area contributed by atoms with E-state index in [1.54, 1.807) is 29.3 Å². The van der Waals surface area contributed by atoms with Crippen molar-refractivity contribution >= 4 is 40.2 Å². The number of hydrogen-bond acceptors (Lipinski definition) is 8. The topological polar surface area (TPSA) is 112 Å². The summed E-state index contributed by atoms with van der Waals surface area (Å²) in [5, 5.41) is 1.97.